The minimum atomic E-state index is -1.59. The van der Waals surface area contributed by atoms with E-state index in [9.17, 15) is 4.79 Å². The van der Waals surface area contributed by atoms with Crippen molar-refractivity contribution in [3.8, 4) is 0 Å². The molecule has 3 N–H and O–H groups in total. The van der Waals surface area contributed by atoms with E-state index in [0.717, 1.165) is 0 Å². The standard InChI is InChI=1S/C4H6Cl3NO2/c5-4(6,7)1-2(8)3(9)10/h2H,1,8H2,(H,9,10). The van der Waals surface area contributed by atoms with Crippen LogP contribution in [0, 0.1) is 0 Å². The quantitative estimate of drug-likeness (QED) is 0.667. The van der Waals surface area contributed by atoms with Crippen molar-refractivity contribution in [2.75, 3.05) is 0 Å². The van der Waals surface area contributed by atoms with Crippen LogP contribution < -0.4 is 5.73 Å². The number of carboxylic acids is 1. The lowest BCUT2D eigenvalue weighted by atomic mass is 10.2. The maximum atomic E-state index is 10.1. The molecule has 6 heteroatoms. The van der Waals surface area contributed by atoms with E-state index in [0.29, 0.717) is 0 Å². The molecule has 0 spiro atoms. The molecule has 0 radical (unpaired) electrons. The molecule has 0 amide bonds. The van der Waals surface area contributed by atoms with E-state index >= 15 is 0 Å². The average Bonchev–Trinajstić information content (AvgIpc) is 1.60. The number of hydrogen-bond donors (Lipinski definition) is 2. The van der Waals surface area contributed by atoms with Gasteiger partial charge in [-0.3, -0.25) is 4.79 Å². The number of halogens is 3. The predicted octanol–water partition coefficient (Wildman–Crippen LogP) is 1.16. The fraction of sp³-hybridized carbons (Fsp3) is 0.750. The third-order valence-electron chi connectivity index (χ3n) is 0.769. The lowest BCUT2D eigenvalue weighted by Gasteiger charge is -2.12. The summed E-state index contributed by atoms with van der Waals surface area (Å²) in [6, 6.07) is -1.12. The van der Waals surface area contributed by atoms with Crippen LogP contribution in [0.25, 0.3) is 0 Å². The number of hydrogen-bond acceptors (Lipinski definition) is 2. The summed E-state index contributed by atoms with van der Waals surface area (Å²) in [4.78, 5) is 10.1. The number of rotatable bonds is 2. The first-order valence-electron chi connectivity index (χ1n) is 2.38. The Morgan fingerprint density at radius 1 is 1.60 bits per heavy atom. The van der Waals surface area contributed by atoms with E-state index in [1.54, 1.807) is 0 Å². The van der Waals surface area contributed by atoms with E-state index in [2.05, 4.69) is 0 Å². The van der Waals surface area contributed by atoms with Crippen molar-refractivity contribution in [3.63, 3.8) is 0 Å². The van der Waals surface area contributed by atoms with Gasteiger partial charge in [-0.2, -0.15) is 0 Å². The summed E-state index contributed by atoms with van der Waals surface area (Å²) in [5.74, 6) is -1.17. The molecule has 0 aromatic carbocycles. The van der Waals surface area contributed by atoms with Crippen LogP contribution in [0.5, 0.6) is 0 Å². The van der Waals surface area contributed by atoms with Crippen LogP contribution in [-0.2, 0) is 4.79 Å². The Morgan fingerprint density at radius 2 is 2.00 bits per heavy atom. The maximum absolute atomic E-state index is 10.1. The van der Waals surface area contributed by atoms with Crippen molar-refractivity contribution in [2.45, 2.75) is 16.3 Å². The highest BCUT2D eigenvalue weighted by atomic mass is 35.6. The van der Waals surface area contributed by atoms with Gasteiger partial charge in [0.2, 0.25) is 0 Å². The highest BCUT2D eigenvalue weighted by Crippen LogP contribution is 2.30. The third kappa shape index (κ3) is 5.11. The number of aliphatic carboxylic acids is 1. The summed E-state index contributed by atoms with van der Waals surface area (Å²) in [6.45, 7) is 0. The van der Waals surface area contributed by atoms with Gasteiger partial charge in [-0.15, -0.1) is 0 Å². The fourth-order valence-corrected chi connectivity index (χ4v) is 0.835. The summed E-state index contributed by atoms with van der Waals surface area (Å²) >= 11 is 15.8. The van der Waals surface area contributed by atoms with Crippen LogP contribution in [0.15, 0.2) is 0 Å². The first-order chi connectivity index (χ1) is 4.33. The molecule has 0 aromatic heterocycles. The van der Waals surface area contributed by atoms with E-state index in [-0.39, 0.29) is 6.42 Å². The summed E-state index contributed by atoms with van der Waals surface area (Å²) in [7, 11) is 0. The Morgan fingerprint density at radius 3 is 2.10 bits per heavy atom. The first-order valence-corrected chi connectivity index (χ1v) is 3.51. The second-order valence-electron chi connectivity index (χ2n) is 1.76. The van der Waals surface area contributed by atoms with Gasteiger partial charge in [0.05, 0.1) is 0 Å². The molecule has 0 saturated heterocycles. The zero-order valence-electron chi connectivity index (χ0n) is 4.85. The Balaban J connectivity index is 3.80. The van der Waals surface area contributed by atoms with Crippen LogP contribution in [0.4, 0.5) is 0 Å². The summed E-state index contributed by atoms with van der Waals surface area (Å²) < 4.78 is -1.59. The zero-order valence-corrected chi connectivity index (χ0v) is 7.12. The van der Waals surface area contributed by atoms with Crippen LogP contribution in [0.3, 0.4) is 0 Å². The molecular weight excluding hydrogens is 200 g/mol. The molecule has 1 unspecified atom stereocenters. The molecule has 0 aromatic rings. The minimum Gasteiger partial charge on any atom is -0.480 e. The van der Waals surface area contributed by atoms with Crippen LogP contribution in [0.2, 0.25) is 0 Å². The normalized spacial score (nSPS) is 14.8. The maximum Gasteiger partial charge on any atom is 0.320 e. The molecule has 0 aliphatic carbocycles. The van der Waals surface area contributed by atoms with Crippen LogP contribution in [0.1, 0.15) is 6.42 Å². The van der Waals surface area contributed by atoms with Crippen molar-refractivity contribution < 1.29 is 9.90 Å². The zero-order chi connectivity index (χ0) is 8.36. The third-order valence-corrected chi connectivity index (χ3v) is 1.23. The van der Waals surface area contributed by atoms with Crippen molar-refractivity contribution in [3.05, 3.63) is 0 Å². The smallest absolute Gasteiger partial charge is 0.320 e. The second kappa shape index (κ2) is 3.62. The van der Waals surface area contributed by atoms with Gasteiger partial charge < -0.3 is 10.8 Å². The van der Waals surface area contributed by atoms with Gasteiger partial charge in [0, 0.05) is 6.42 Å². The van der Waals surface area contributed by atoms with Crippen molar-refractivity contribution in [2.24, 2.45) is 5.73 Å². The summed E-state index contributed by atoms with van der Waals surface area (Å²) in [6.07, 6.45) is -0.188. The first kappa shape index (κ1) is 10.3. The van der Waals surface area contributed by atoms with E-state index < -0.39 is 15.8 Å². The molecule has 0 fully saturated rings. The Bertz CT molecular complexity index is 133. The lowest BCUT2D eigenvalue weighted by molar-refractivity contribution is -0.138. The van der Waals surface area contributed by atoms with Gasteiger partial charge in [-0.25, -0.2) is 0 Å². The highest BCUT2D eigenvalue weighted by Gasteiger charge is 2.26. The largest absolute Gasteiger partial charge is 0.480 e. The van der Waals surface area contributed by atoms with E-state index in [4.69, 9.17) is 45.6 Å². The Labute approximate surface area is 73.0 Å². The topological polar surface area (TPSA) is 63.3 Å². The SMILES string of the molecule is NC(CC(Cl)(Cl)Cl)C(=O)O. The second-order valence-corrected chi connectivity index (χ2v) is 4.28. The van der Waals surface area contributed by atoms with Crippen LogP contribution >= 0.6 is 34.8 Å². The summed E-state index contributed by atoms with van der Waals surface area (Å²) in [5, 5.41) is 8.24. The minimum absolute atomic E-state index is 0.188. The molecule has 0 bridgehead atoms. The van der Waals surface area contributed by atoms with Gasteiger partial charge >= 0.3 is 5.97 Å². The molecular formula is C4H6Cl3NO2. The van der Waals surface area contributed by atoms with E-state index in [1.807, 2.05) is 0 Å². The van der Waals surface area contributed by atoms with Gasteiger partial charge in [0.1, 0.15) is 6.04 Å². The van der Waals surface area contributed by atoms with Gasteiger partial charge in [-0.05, 0) is 0 Å². The number of carbonyl (C=O) groups is 1. The molecule has 0 heterocycles. The average molecular weight is 206 g/mol. The molecule has 10 heavy (non-hydrogen) atoms. The number of alkyl halides is 3. The molecule has 1 atom stereocenters. The number of carboxylic acid groups (broad SMARTS) is 1. The predicted molar refractivity (Wildman–Crippen MR) is 40.5 cm³/mol. The Hall–Kier alpha value is 0.300. The molecule has 0 saturated carbocycles. The number of nitrogens with two attached hydrogens (primary N) is 1. The van der Waals surface area contributed by atoms with Crippen molar-refractivity contribution >= 4 is 40.8 Å². The van der Waals surface area contributed by atoms with Gasteiger partial charge in [0.25, 0.3) is 0 Å². The highest BCUT2D eigenvalue weighted by molar-refractivity contribution is 6.67. The van der Waals surface area contributed by atoms with Crippen LogP contribution in [-0.4, -0.2) is 20.9 Å². The monoisotopic (exact) mass is 205 g/mol. The molecule has 60 valence electrons. The summed E-state index contributed by atoms with van der Waals surface area (Å²) in [5.41, 5.74) is 5.05. The lowest BCUT2D eigenvalue weighted by Crippen LogP contribution is -2.33. The van der Waals surface area contributed by atoms with Crippen molar-refractivity contribution in [1.29, 1.82) is 0 Å². The van der Waals surface area contributed by atoms with Crippen molar-refractivity contribution in [1.82, 2.24) is 0 Å². The van der Waals surface area contributed by atoms with Gasteiger partial charge in [0.15, 0.2) is 3.79 Å². The molecule has 0 aliphatic rings. The van der Waals surface area contributed by atoms with Gasteiger partial charge in [-0.1, -0.05) is 34.8 Å². The Kier molecular flexibility index (Phi) is 3.73. The molecule has 0 rings (SSSR count). The molecule has 3 nitrogen and oxygen atoms in total. The fourth-order valence-electron chi connectivity index (χ4n) is 0.337. The molecule has 0 aliphatic heterocycles. The van der Waals surface area contributed by atoms with E-state index in [1.165, 1.54) is 0 Å².